The van der Waals surface area contributed by atoms with E-state index in [-0.39, 0.29) is 23.3 Å². The molecule has 130 valence electrons. The number of hydrogen-bond donors (Lipinski definition) is 3. The summed E-state index contributed by atoms with van der Waals surface area (Å²) in [6, 6.07) is -0.986. The molecule has 4 N–H and O–H groups in total. The van der Waals surface area contributed by atoms with Crippen molar-refractivity contribution >= 4 is 11.9 Å². The highest BCUT2D eigenvalue weighted by Crippen LogP contribution is 2.55. The zero-order chi connectivity index (χ0) is 17.4. The van der Waals surface area contributed by atoms with Gasteiger partial charge in [0.25, 0.3) is 0 Å². The van der Waals surface area contributed by atoms with Crippen molar-refractivity contribution in [3.05, 3.63) is 11.1 Å². The summed E-state index contributed by atoms with van der Waals surface area (Å²) in [4.78, 5) is 23.1. The number of aliphatic carboxylic acids is 1. The Labute approximate surface area is 138 Å². The molecule has 1 unspecified atom stereocenters. The monoisotopic (exact) mass is 322 g/mol. The summed E-state index contributed by atoms with van der Waals surface area (Å²) in [5, 5.41) is 11.9. The third-order valence-electron chi connectivity index (χ3n) is 5.50. The Balaban J connectivity index is 2.19. The van der Waals surface area contributed by atoms with Crippen LogP contribution < -0.4 is 11.1 Å². The summed E-state index contributed by atoms with van der Waals surface area (Å²) in [6.07, 6.45) is 5.10. The second kappa shape index (κ2) is 6.27. The first-order chi connectivity index (χ1) is 10.6. The van der Waals surface area contributed by atoms with E-state index in [2.05, 4.69) is 33.0 Å². The Hall–Kier alpha value is -1.36. The normalized spacial score (nSPS) is 25.5. The lowest BCUT2D eigenvalue weighted by atomic mass is 9.73. The molecule has 0 aromatic heterocycles. The van der Waals surface area contributed by atoms with Gasteiger partial charge in [-0.2, -0.15) is 0 Å². The van der Waals surface area contributed by atoms with Gasteiger partial charge in [-0.3, -0.25) is 9.59 Å². The molecule has 0 aromatic carbocycles. The first-order valence-electron chi connectivity index (χ1n) is 8.56. The lowest BCUT2D eigenvalue weighted by molar-refractivity contribution is -0.139. The smallest absolute Gasteiger partial charge is 0.305 e. The molecule has 2 saturated carbocycles. The minimum Gasteiger partial charge on any atom is -0.481 e. The Bertz CT molecular complexity index is 528. The van der Waals surface area contributed by atoms with Gasteiger partial charge < -0.3 is 16.2 Å². The molecule has 0 aromatic rings. The van der Waals surface area contributed by atoms with Gasteiger partial charge >= 0.3 is 5.97 Å². The maximum atomic E-state index is 12.3. The molecule has 5 heteroatoms. The van der Waals surface area contributed by atoms with E-state index >= 15 is 0 Å². The fourth-order valence-electron chi connectivity index (χ4n) is 4.22. The molecular formula is C18H30N2O3. The van der Waals surface area contributed by atoms with Crippen LogP contribution in [0.4, 0.5) is 0 Å². The second-order valence-electron chi connectivity index (χ2n) is 8.12. The number of nitrogens with two attached hydrogens (primary N) is 1. The number of amides is 1. The van der Waals surface area contributed by atoms with Crippen LogP contribution in [0.3, 0.4) is 0 Å². The molecule has 2 rings (SSSR count). The van der Waals surface area contributed by atoms with E-state index < -0.39 is 12.0 Å². The molecule has 0 saturated heterocycles. The van der Waals surface area contributed by atoms with Gasteiger partial charge in [0.05, 0.1) is 18.0 Å². The van der Waals surface area contributed by atoms with Gasteiger partial charge in [-0.25, -0.2) is 0 Å². The molecule has 0 aliphatic heterocycles. The molecule has 0 heterocycles. The summed E-state index contributed by atoms with van der Waals surface area (Å²) >= 11 is 0. The number of carboxylic acid groups (broad SMARTS) is 1. The van der Waals surface area contributed by atoms with Crippen molar-refractivity contribution in [2.45, 2.75) is 77.8 Å². The van der Waals surface area contributed by atoms with Gasteiger partial charge in [0.15, 0.2) is 0 Å². The van der Waals surface area contributed by atoms with Crippen LogP contribution in [0.1, 0.15) is 66.2 Å². The molecule has 0 bridgehead atoms. The third-order valence-corrected chi connectivity index (χ3v) is 5.50. The molecular weight excluding hydrogens is 292 g/mol. The molecule has 23 heavy (non-hydrogen) atoms. The Morgan fingerprint density at radius 3 is 2.26 bits per heavy atom. The van der Waals surface area contributed by atoms with Crippen molar-refractivity contribution in [2.24, 2.45) is 17.1 Å². The van der Waals surface area contributed by atoms with Crippen molar-refractivity contribution < 1.29 is 14.7 Å². The van der Waals surface area contributed by atoms with E-state index in [9.17, 15) is 9.59 Å². The van der Waals surface area contributed by atoms with Crippen LogP contribution in [0.2, 0.25) is 0 Å². The van der Waals surface area contributed by atoms with E-state index in [1.54, 1.807) is 0 Å². The molecule has 0 spiro atoms. The summed E-state index contributed by atoms with van der Waals surface area (Å²) in [5.74, 6) is -0.915. The molecule has 0 radical (unpaired) electrons. The summed E-state index contributed by atoms with van der Waals surface area (Å²) in [7, 11) is 0. The lowest BCUT2D eigenvalue weighted by Gasteiger charge is -2.36. The van der Waals surface area contributed by atoms with Crippen LogP contribution in [0.25, 0.3) is 0 Å². The fraction of sp³-hybridized carbons (Fsp3) is 0.778. The Kier molecular flexibility index (Phi) is 4.90. The summed E-state index contributed by atoms with van der Waals surface area (Å²) < 4.78 is 0. The van der Waals surface area contributed by atoms with Crippen LogP contribution in [-0.2, 0) is 9.59 Å². The highest BCUT2D eigenvalue weighted by Gasteiger charge is 2.53. The molecule has 2 atom stereocenters. The predicted molar refractivity (Wildman–Crippen MR) is 89.8 cm³/mol. The molecule has 1 amide bonds. The lowest BCUT2D eigenvalue weighted by Crippen LogP contribution is -2.49. The van der Waals surface area contributed by atoms with Crippen molar-refractivity contribution in [1.29, 1.82) is 0 Å². The van der Waals surface area contributed by atoms with Crippen LogP contribution in [0.5, 0.6) is 0 Å². The van der Waals surface area contributed by atoms with Crippen molar-refractivity contribution in [3.8, 4) is 0 Å². The van der Waals surface area contributed by atoms with Crippen LogP contribution in [0, 0.1) is 11.3 Å². The number of carboxylic acids is 1. The second-order valence-corrected chi connectivity index (χ2v) is 8.12. The van der Waals surface area contributed by atoms with Gasteiger partial charge in [-0.05, 0) is 56.4 Å². The van der Waals surface area contributed by atoms with Crippen molar-refractivity contribution in [2.75, 3.05) is 0 Å². The van der Waals surface area contributed by atoms with Crippen LogP contribution in [0.15, 0.2) is 11.1 Å². The molecule has 2 aliphatic rings. The third kappa shape index (κ3) is 3.77. The first kappa shape index (κ1) is 18.0. The van der Waals surface area contributed by atoms with E-state index in [4.69, 9.17) is 10.8 Å². The number of carbonyl (C=O) groups excluding carboxylic acids is 1. The van der Waals surface area contributed by atoms with Crippen molar-refractivity contribution in [1.82, 2.24) is 5.32 Å². The number of rotatable bonds is 6. The molecule has 2 fully saturated rings. The zero-order valence-corrected chi connectivity index (χ0v) is 14.7. The van der Waals surface area contributed by atoms with Crippen molar-refractivity contribution in [3.63, 3.8) is 0 Å². The highest BCUT2D eigenvalue weighted by molar-refractivity contribution is 5.87. The average molecular weight is 322 g/mol. The fourth-order valence-corrected chi connectivity index (χ4v) is 4.22. The maximum absolute atomic E-state index is 12.3. The van der Waals surface area contributed by atoms with E-state index in [1.807, 2.05) is 0 Å². The highest BCUT2D eigenvalue weighted by atomic mass is 16.4. The van der Waals surface area contributed by atoms with E-state index in [1.165, 1.54) is 24.0 Å². The van der Waals surface area contributed by atoms with Gasteiger partial charge in [-0.15, -0.1) is 0 Å². The largest absolute Gasteiger partial charge is 0.481 e. The number of carbonyl (C=O) groups is 2. The van der Waals surface area contributed by atoms with Gasteiger partial charge in [-0.1, -0.05) is 25.8 Å². The minimum absolute atomic E-state index is 0.246. The summed E-state index contributed by atoms with van der Waals surface area (Å²) in [5.41, 5.74) is 8.31. The quantitative estimate of drug-likeness (QED) is 0.655. The number of nitrogens with one attached hydrogen (secondary N) is 1. The SMILES string of the molecule is CC(C)=C(C1CCCC1(C)C)C1(NC(=O)[C@@H](N)CC(=O)O)CC1. The number of allylic oxidation sites excluding steroid dienone is 1. The van der Waals surface area contributed by atoms with Gasteiger partial charge in [0.2, 0.25) is 5.91 Å². The molecule has 2 aliphatic carbocycles. The van der Waals surface area contributed by atoms with Crippen LogP contribution >= 0.6 is 0 Å². The van der Waals surface area contributed by atoms with Gasteiger partial charge in [0, 0.05) is 0 Å². The minimum atomic E-state index is -1.04. The number of hydrogen-bond acceptors (Lipinski definition) is 3. The first-order valence-corrected chi connectivity index (χ1v) is 8.56. The summed E-state index contributed by atoms with van der Waals surface area (Å²) in [6.45, 7) is 8.85. The average Bonchev–Trinajstić information content (AvgIpc) is 3.07. The standard InChI is InChI=1S/C18H30N2O3/c1-11(2)15(12-6-5-7-17(12,3)4)18(8-9-18)20-16(23)13(19)10-14(21)22/h12-13H,5-10,19H2,1-4H3,(H,20,23)(H,21,22)/t12?,13-/m0/s1. The maximum Gasteiger partial charge on any atom is 0.305 e. The van der Waals surface area contributed by atoms with E-state index in [0.29, 0.717) is 5.92 Å². The molecule has 5 nitrogen and oxygen atoms in total. The Morgan fingerprint density at radius 2 is 1.87 bits per heavy atom. The zero-order valence-electron chi connectivity index (χ0n) is 14.7. The Morgan fingerprint density at radius 1 is 1.26 bits per heavy atom. The van der Waals surface area contributed by atoms with E-state index in [0.717, 1.165) is 19.3 Å². The predicted octanol–water partition coefficient (Wildman–Crippen LogP) is 2.60. The van der Waals surface area contributed by atoms with Crippen LogP contribution in [-0.4, -0.2) is 28.6 Å². The topological polar surface area (TPSA) is 92.4 Å². The van der Waals surface area contributed by atoms with Gasteiger partial charge in [0.1, 0.15) is 0 Å².